The maximum absolute atomic E-state index is 9.22. The van der Waals surface area contributed by atoms with E-state index in [1.807, 2.05) is 24.5 Å². The van der Waals surface area contributed by atoms with Crippen LogP contribution in [0, 0.1) is 25.2 Å². The van der Waals surface area contributed by atoms with Crippen molar-refractivity contribution < 1.29 is 0 Å². The fourth-order valence-corrected chi connectivity index (χ4v) is 2.62. The number of nitriles is 1. The highest BCUT2D eigenvalue weighted by atomic mass is 15.3. The molecule has 1 fully saturated rings. The normalized spacial score (nSPS) is 15.0. The Morgan fingerprint density at radius 3 is 2.63 bits per heavy atom. The van der Waals surface area contributed by atoms with Crippen molar-refractivity contribution in [1.29, 1.82) is 5.26 Å². The second kappa shape index (κ2) is 4.51. The molecule has 1 aromatic heterocycles. The lowest BCUT2D eigenvalue weighted by Crippen LogP contribution is -2.13. The first kappa shape index (κ1) is 11.9. The van der Waals surface area contributed by atoms with Gasteiger partial charge in [-0.3, -0.25) is 4.57 Å². The molecule has 1 saturated carbocycles. The molecule has 3 rings (SSSR count). The topological polar surface area (TPSA) is 54.5 Å². The predicted octanol–water partition coefficient (Wildman–Crippen LogP) is 3.02. The molecule has 1 heterocycles. The van der Waals surface area contributed by atoms with Crippen LogP contribution in [0.5, 0.6) is 0 Å². The zero-order valence-electron chi connectivity index (χ0n) is 11.2. The van der Waals surface area contributed by atoms with Crippen molar-refractivity contribution >= 4 is 0 Å². The summed E-state index contributed by atoms with van der Waals surface area (Å²) in [4.78, 5) is 0. The molecular weight excluding hydrogens is 236 g/mol. The van der Waals surface area contributed by atoms with Crippen LogP contribution in [0.15, 0.2) is 18.5 Å². The van der Waals surface area contributed by atoms with Gasteiger partial charge in [0.2, 0.25) is 0 Å². The summed E-state index contributed by atoms with van der Waals surface area (Å²) in [7, 11) is 0. The number of hydrogen-bond donors (Lipinski definition) is 0. The average Bonchev–Trinajstić information content (AvgIpc) is 2.74. The van der Waals surface area contributed by atoms with Crippen molar-refractivity contribution in [1.82, 2.24) is 14.8 Å². The fourth-order valence-electron chi connectivity index (χ4n) is 2.62. The molecule has 96 valence electrons. The first-order valence-corrected chi connectivity index (χ1v) is 6.62. The fraction of sp³-hybridized carbons (Fsp3) is 0.400. The molecule has 0 atom stereocenters. The van der Waals surface area contributed by atoms with E-state index in [1.165, 1.54) is 24.8 Å². The molecule has 4 nitrogen and oxygen atoms in total. The van der Waals surface area contributed by atoms with Gasteiger partial charge in [0, 0.05) is 0 Å². The minimum atomic E-state index is 0.614. The molecule has 1 aliphatic carbocycles. The first-order chi connectivity index (χ1) is 9.20. The van der Waals surface area contributed by atoms with Gasteiger partial charge in [-0.25, -0.2) is 0 Å². The van der Waals surface area contributed by atoms with E-state index in [2.05, 4.69) is 22.3 Å². The Balaban J connectivity index is 2.20. The third-order valence-electron chi connectivity index (χ3n) is 4.02. The zero-order chi connectivity index (χ0) is 13.4. The maximum Gasteiger partial charge on any atom is 0.134 e. The van der Waals surface area contributed by atoms with Gasteiger partial charge in [0.25, 0.3) is 0 Å². The number of rotatable bonds is 2. The van der Waals surface area contributed by atoms with Crippen molar-refractivity contribution in [3.05, 3.63) is 41.0 Å². The highest BCUT2D eigenvalue weighted by Gasteiger charge is 2.24. The summed E-state index contributed by atoms with van der Waals surface area (Å²) in [6.07, 6.45) is 5.49. The molecule has 0 amide bonds. The van der Waals surface area contributed by atoms with Crippen LogP contribution in [-0.2, 0) is 0 Å². The van der Waals surface area contributed by atoms with E-state index < -0.39 is 0 Å². The molecule has 1 aromatic carbocycles. The summed E-state index contributed by atoms with van der Waals surface area (Å²) < 4.78 is 1.98. The Morgan fingerprint density at radius 2 is 2.11 bits per heavy atom. The van der Waals surface area contributed by atoms with Crippen molar-refractivity contribution in [3.8, 4) is 11.8 Å². The molecule has 0 aliphatic heterocycles. The lowest BCUT2D eigenvalue weighted by atomic mass is 9.78. The van der Waals surface area contributed by atoms with Gasteiger partial charge in [-0.15, -0.1) is 10.2 Å². The number of aryl methyl sites for hydroxylation is 2. The molecule has 0 saturated heterocycles. The van der Waals surface area contributed by atoms with Gasteiger partial charge in [-0.05, 0) is 49.8 Å². The molecule has 2 aromatic rings. The molecule has 0 N–H and O–H groups in total. The minimum absolute atomic E-state index is 0.614. The van der Waals surface area contributed by atoms with E-state index >= 15 is 0 Å². The lowest BCUT2D eigenvalue weighted by molar-refractivity contribution is 0.418. The molecule has 1 aliphatic rings. The van der Waals surface area contributed by atoms with E-state index in [0.29, 0.717) is 5.92 Å². The van der Waals surface area contributed by atoms with Gasteiger partial charge in [0.15, 0.2) is 0 Å². The molecule has 0 bridgehead atoms. The molecule has 0 radical (unpaired) electrons. The van der Waals surface area contributed by atoms with E-state index in [4.69, 9.17) is 0 Å². The van der Waals surface area contributed by atoms with Crippen LogP contribution >= 0.6 is 0 Å². The van der Waals surface area contributed by atoms with E-state index in [9.17, 15) is 5.26 Å². The Labute approximate surface area is 112 Å². The Morgan fingerprint density at radius 1 is 1.32 bits per heavy atom. The van der Waals surface area contributed by atoms with Crippen molar-refractivity contribution in [3.63, 3.8) is 0 Å². The Hall–Kier alpha value is -2.15. The number of nitrogens with zero attached hydrogens (tertiary/aromatic N) is 4. The Bertz CT molecular complexity index is 659. The second-order valence-corrected chi connectivity index (χ2v) is 5.21. The van der Waals surface area contributed by atoms with Gasteiger partial charge in [0.1, 0.15) is 12.2 Å². The van der Waals surface area contributed by atoms with Crippen LogP contribution < -0.4 is 0 Å². The van der Waals surface area contributed by atoms with Gasteiger partial charge in [0.05, 0.1) is 17.3 Å². The SMILES string of the molecule is Cc1cc(C2CCC2)c(-n2cnnc2C)cc1C#N. The zero-order valence-corrected chi connectivity index (χ0v) is 11.2. The monoisotopic (exact) mass is 252 g/mol. The van der Waals surface area contributed by atoms with E-state index in [1.54, 1.807) is 6.33 Å². The highest BCUT2D eigenvalue weighted by Crippen LogP contribution is 2.40. The van der Waals surface area contributed by atoms with Gasteiger partial charge in [-0.1, -0.05) is 12.5 Å². The lowest BCUT2D eigenvalue weighted by Gasteiger charge is -2.28. The van der Waals surface area contributed by atoms with E-state index in [-0.39, 0.29) is 0 Å². The summed E-state index contributed by atoms with van der Waals surface area (Å²) in [6, 6.07) is 6.40. The molecule has 19 heavy (non-hydrogen) atoms. The first-order valence-electron chi connectivity index (χ1n) is 6.62. The van der Waals surface area contributed by atoms with Gasteiger partial charge in [-0.2, -0.15) is 5.26 Å². The summed E-state index contributed by atoms with van der Waals surface area (Å²) in [6.45, 7) is 3.94. The van der Waals surface area contributed by atoms with Crippen LogP contribution in [-0.4, -0.2) is 14.8 Å². The Kier molecular flexibility index (Phi) is 2.83. The van der Waals surface area contributed by atoms with Crippen molar-refractivity contribution in [2.45, 2.75) is 39.0 Å². The molecular formula is C15H16N4. The molecule has 0 unspecified atom stereocenters. The number of aromatic nitrogens is 3. The second-order valence-electron chi connectivity index (χ2n) is 5.21. The van der Waals surface area contributed by atoms with Crippen molar-refractivity contribution in [2.24, 2.45) is 0 Å². The maximum atomic E-state index is 9.22. The summed E-state index contributed by atoms with van der Waals surface area (Å²) >= 11 is 0. The minimum Gasteiger partial charge on any atom is -0.286 e. The molecule has 0 spiro atoms. The average molecular weight is 252 g/mol. The van der Waals surface area contributed by atoms with Crippen LogP contribution in [0.1, 0.15) is 47.7 Å². The number of hydrogen-bond acceptors (Lipinski definition) is 3. The quantitative estimate of drug-likeness (QED) is 0.825. The van der Waals surface area contributed by atoms with Gasteiger partial charge < -0.3 is 0 Å². The summed E-state index contributed by atoms with van der Waals surface area (Å²) in [5.41, 5.74) is 4.17. The smallest absolute Gasteiger partial charge is 0.134 e. The summed E-state index contributed by atoms with van der Waals surface area (Å²) in [5, 5.41) is 17.2. The highest BCUT2D eigenvalue weighted by molar-refractivity contribution is 5.53. The van der Waals surface area contributed by atoms with Crippen molar-refractivity contribution in [2.75, 3.05) is 0 Å². The van der Waals surface area contributed by atoms with Crippen LogP contribution in [0.25, 0.3) is 5.69 Å². The van der Waals surface area contributed by atoms with Crippen LogP contribution in [0.4, 0.5) is 0 Å². The van der Waals surface area contributed by atoms with Crippen LogP contribution in [0.2, 0.25) is 0 Å². The number of benzene rings is 1. The van der Waals surface area contributed by atoms with Crippen LogP contribution in [0.3, 0.4) is 0 Å². The predicted molar refractivity (Wildman–Crippen MR) is 72.1 cm³/mol. The standard InChI is InChI=1S/C15H16N4/c1-10-6-14(12-4-3-5-12)15(7-13(10)8-16)19-9-17-18-11(19)2/h6-7,9,12H,3-5H2,1-2H3. The van der Waals surface area contributed by atoms with E-state index in [0.717, 1.165) is 22.6 Å². The van der Waals surface area contributed by atoms with Gasteiger partial charge >= 0.3 is 0 Å². The third-order valence-corrected chi connectivity index (χ3v) is 4.02. The largest absolute Gasteiger partial charge is 0.286 e. The third kappa shape index (κ3) is 1.91. The summed E-state index contributed by atoms with van der Waals surface area (Å²) in [5.74, 6) is 1.47. The molecule has 4 heteroatoms.